The maximum atomic E-state index is 10.6. The average molecular weight is 206 g/mol. The van der Waals surface area contributed by atoms with Crippen molar-refractivity contribution < 1.29 is 9.90 Å². The van der Waals surface area contributed by atoms with Crippen LogP contribution in [-0.4, -0.2) is 20.9 Å². The number of aromatic nitrogens is 2. The molecule has 0 aliphatic carbocycles. The van der Waals surface area contributed by atoms with Crippen LogP contribution in [0.1, 0.15) is 18.7 Å². The Morgan fingerprint density at radius 1 is 1.77 bits per heavy atom. The number of aliphatic carboxylic acids is 1. The largest absolute Gasteiger partial charge is 0.480 e. The highest BCUT2D eigenvalue weighted by atomic mass is 35.5. The predicted molar refractivity (Wildman–Crippen MR) is 51.0 cm³/mol. The number of nitrogen functional groups attached to an aromatic ring is 1. The summed E-state index contributed by atoms with van der Waals surface area (Å²) in [5.41, 5.74) is 6.70. The second-order valence-corrected chi connectivity index (χ2v) is 2.64. The molecule has 0 aliphatic rings. The van der Waals surface area contributed by atoms with Crippen molar-refractivity contribution in [3.05, 3.63) is 11.9 Å². The molecule has 0 saturated carbocycles. The molecule has 0 aromatic carbocycles. The zero-order chi connectivity index (χ0) is 9.30. The van der Waals surface area contributed by atoms with E-state index in [4.69, 9.17) is 10.8 Å². The van der Waals surface area contributed by atoms with Gasteiger partial charge in [0.2, 0.25) is 0 Å². The van der Waals surface area contributed by atoms with Gasteiger partial charge in [0.15, 0.2) is 0 Å². The van der Waals surface area contributed by atoms with E-state index in [9.17, 15) is 4.79 Å². The van der Waals surface area contributed by atoms with Crippen LogP contribution in [0.25, 0.3) is 0 Å². The van der Waals surface area contributed by atoms with E-state index in [-0.39, 0.29) is 12.4 Å². The van der Waals surface area contributed by atoms with Gasteiger partial charge in [0.05, 0.1) is 17.6 Å². The summed E-state index contributed by atoms with van der Waals surface area (Å²) in [6, 6.07) is -0.665. The minimum atomic E-state index is -0.916. The standard InChI is InChI=1S/C7H11N3O2.ClH/c1-4-6(8)3-9-10(4)5(2)7(11)12;/h3,5H,8H2,1-2H3,(H,11,12);1H. The molecule has 1 atom stereocenters. The van der Waals surface area contributed by atoms with Gasteiger partial charge in [-0.1, -0.05) is 0 Å². The van der Waals surface area contributed by atoms with Crippen LogP contribution in [-0.2, 0) is 4.79 Å². The van der Waals surface area contributed by atoms with Crippen LogP contribution in [0.5, 0.6) is 0 Å². The number of nitrogens with two attached hydrogens (primary N) is 1. The van der Waals surface area contributed by atoms with Crippen molar-refractivity contribution in [1.82, 2.24) is 9.78 Å². The van der Waals surface area contributed by atoms with Crippen LogP contribution < -0.4 is 5.73 Å². The summed E-state index contributed by atoms with van der Waals surface area (Å²) in [5, 5.41) is 12.5. The molecule has 0 amide bonds. The van der Waals surface area contributed by atoms with E-state index >= 15 is 0 Å². The number of hydrogen-bond donors (Lipinski definition) is 2. The minimum absolute atomic E-state index is 0. The lowest BCUT2D eigenvalue weighted by atomic mass is 10.3. The maximum Gasteiger partial charge on any atom is 0.328 e. The molecule has 6 heteroatoms. The fourth-order valence-electron chi connectivity index (χ4n) is 0.932. The van der Waals surface area contributed by atoms with Crippen molar-refractivity contribution in [3.8, 4) is 0 Å². The van der Waals surface area contributed by atoms with Crippen LogP contribution in [0.4, 0.5) is 5.69 Å². The highest BCUT2D eigenvalue weighted by molar-refractivity contribution is 5.85. The molecule has 0 bridgehead atoms. The Hall–Kier alpha value is -1.23. The number of carbonyl (C=O) groups is 1. The third-order valence-corrected chi connectivity index (χ3v) is 1.81. The van der Waals surface area contributed by atoms with Crippen LogP contribution in [0.15, 0.2) is 6.20 Å². The zero-order valence-corrected chi connectivity index (χ0v) is 8.21. The molecule has 1 aromatic rings. The number of halogens is 1. The molecule has 0 aliphatic heterocycles. The second-order valence-electron chi connectivity index (χ2n) is 2.64. The molecule has 0 fully saturated rings. The van der Waals surface area contributed by atoms with Crippen molar-refractivity contribution in [1.29, 1.82) is 0 Å². The van der Waals surface area contributed by atoms with E-state index in [1.807, 2.05) is 0 Å². The Bertz CT molecular complexity index is 311. The van der Waals surface area contributed by atoms with E-state index in [1.54, 1.807) is 13.8 Å². The van der Waals surface area contributed by atoms with Gasteiger partial charge in [-0.3, -0.25) is 4.68 Å². The molecule has 3 N–H and O–H groups in total. The lowest BCUT2D eigenvalue weighted by Gasteiger charge is -2.08. The summed E-state index contributed by atoms with van der Waals surface area (Å²) in [4.78, 5) is 10.6. The van der Waals surface area contributed by atoms with Gasteiger partial charge >= 0.3 is 5.97 Å². The van der Waals surface area contributed by atoms with Crippen LogP contribution in [0, 0.1) is 6.92 Å². The van der Waals surface area contributed by atoms with Crippen LogP contribution in [0.3, 0.4) is 0 Å². The summed E-state index contributed by atoms with van der Waals surface area (Å²) in [6.07, 6.45) is 1.45. The maximum absolute atomic E-state index is 10.6. The highest BCUT2D eigenvalue weighted by Crippen LogP contribution is 2.14. The Kier molecular flexibility index (Phi) is 3.74. The Morgan fingerprint density at radius 2 is 2.31 bits per heavy atom. The highest BCUT2D eigenvalue weighted by Gasteiger charge is 2.16. The first kappa shape index (κ1) is 11.8. The van der Waals surface area contributed by atoms with Gasteiger partial charge in [-0.05, 0) is 13.8 Å². The fraction of sp³-hybridized carbons (Fsp3) is 0.429. The first-order chi connectivity index (χ1) is 5.54. The second kappa shape index (κ2) is 4.13. The first-order valence-electron chi connectivity index (χ1n) is 3.56. The van der Waals surface area contributed by atoms with E-state index in [0.717, 1.165) is 0 Å². The molecule has 0 spiro atoms. The number of rotatable bonds is 2. The number of nitrogens with zero attached hydrogens (tertiary/aromatic N) is 2. The van der Waals surface area contributed by atoms with Gasteiger partial charge < -0.3 is 10.8 Å². The summed E-state index contributed by atoms with van der Waals surface area (Å²) in [6.45, 7) is 3.30. The third-order valence-electron chi connectivity index (χ3n) is 1.81. The molecule has 0 saturated heterocycles. The summed E-state index contributed by atoms with van der Waals surface area (Å²) in [7, 11) is 0. The number of carboxylic acids is 1. The minimum Gasteiger partial charge on any atom is -0.480 e. The summed E-state index contributed by atoms with van der Waals surface area (Å²) < 4.78 is 1.39. The topological polar surface area (TPSA) is 81.1 Å². The molecule has 1 heterocycles. The number of hydrogen-bond acceptors (Lipinski definition) is 3. The fourth-order valence-corrected chi connectivity index (χ4v) is 0.932. The predicted octanol–water partition coefficient (Wildman–Crippen LogP) is 0.841. The van der Waals surface area contributed by atoms with E-state index in [2.05, 4.69) is 5.10 Å². The van der Waals surface area contributed by atoms with E-state index in [1.165, 1.54) is 10.9 Å². The van der Waals surface area contributed by atoms with Gasteiger partial charge in [0, 0.05) is 0 Å². The SMILES string of the molecule is Cc1c(N)cnn1C(C)C(=O)O.Cl. The Balaban J connectivity index is 0.00000144. The average Bonchev–Trinajstić information content (AvgIpc) is 2.32. The molecule has 1 rings (SSSR count). The molecule has 74 valence electrons. The van der Waals surface area contributed by atoms with Gasteiger partial charge in [-0.25, -0.2) is 4.79 Å². The third kappa shape index (κ3) is 2.12. The van der Waals surface area contributed by atoms with Crippen LogP contribution in [0.2, 0.25) is 0 Å². The molecule has 1 unspecified atom stereocenters. The molecule has 0 radical (unpaired) electrons. The zero-order valence-electron chi connectivity index (χ0n) is 7.39. The van der Waals surface area contributed by atoms with Crippen molar-refractivity contribution >= 4 is 24.1 Å². The van der Waals surface area contributed by atoms with Crippen molar-refractivity contribution in [3.63, 3.8) is 0 Å². The smallest absolute Gasteiger partial charge is 0.328 e. The lowest BCUT2D eigenvalue weighted by Crippen LogP contribution is -2.17. The monoisotopic (exact) mass is 205 g/mol. The summed E-state index contributed by atoms with van der Waals surface area (Å²) >= 11 is 0. The van der Waals surface area contributed by atoms with Gasteiger partial charge in [-0.15, -0.1) is 12.4 Å². The normalized spacial score (nSPS) is 11.8. The Morgan fingerprint density at radius 3 is 2.62 bits per heavy atom. The lowest BCUT2D eigenvalue weighted by molar-refractivity contribution is -0.140. The molecular weight excluding hydrogens is 194 g/mol. The quantitative estimate of drug-likeness (QED) is 0.750. The number of carboxylic acid groups (broad SMARTS) is 1. The van der Waals surface area contributed by atoms with Crippen molar-refractivity contribution in [2.45, 2.75) is 19.9 Å². The van der Waals surface area contributed by atoms with Gasteiger partial charge in [-0.2, -0.15) is 5.10 Å². The van der Waals surface area contributed by atoms with Gasteiger partial charge in [0.25, 0.3) is 0 Å². The Labute approximate surface area is 81.9 Å². The molecular formula is C7H12ClN3O2. The van der Waals surface area contributed by atoms with Crippen LogP contribution >= 0.6 is 12.4 Å². The van der Waals surface area contributed by atoms with E-state index in [0.29, 0.717) is 11.4 Å². The molecule has 1 aromatic heterocycles. The van der Waals surface area contributed by atoms with E-state index < -0.39 is 12.0 Å². The molecule has 13 heavy (non-hydrogen) atoms. The van der Waals surface area contributed by atoms with Crippen molar-refractivity contribution in [2.75, 3.05) is 5.73 Å². The van der Waals surface area contributed by atoms with Gasteiger partial charge in [0.1, 0.15) is 6.04 Å². The summed E-state index contributed by atoms with van der Waals surface area (Å²) in [5.74, 6) is -0.916. The molecule has 5 nitrogen and oxygen atoms in total. The van der Waals surface area contributed by atoms with Crippen molar-refractivity contribution in [2.24, 2.45) is 0 Å². The number of anilines is 1. The first-order valence-corrected chi connectivity index (χ1v) is 3.56.